The van der Waals surface area contributed by atoms with Crippen molar-refractivity contribution in [3.8, 4) is 0 Å². The fraction of sp³-hybridized carbons (Fsp3) is 1.00. The van der Waals surface area contributed by atoms with Gasteiger partial charge < -0.3 is 0 Å². The van der Waals surface area contributed by atoms with Gasteiger partial charge in [0.25, 0.3) is 10.1 Å². The van der Waals surface area contributed by atoms with E-state index < -0.39 is 10.1 Å². The van der Waals surface area contributed by atoms with Gasteiger partial charge in [-0.05, 0) is 12.8 Å². The number of hydrogen-bond donors (Lipinski definition) is 0. The Labute approximate surface area is 104 Å². The van der Waals surface area contributed by atoms with Crippen LogP contribution in [0.1, 0.15) is 39.5 Å². The Morgan fingerprint density at radius 2 is 1.62 bits per heavy atom. The van der Waals surface area contributed by atoms with Gasteiger partial charge in [-0.3, -0.25) is 4.18 Å². The smallest absolute Gasteiger partial charge is 0.267 e. The second-order valence-electron chi connectivity index (χ2n) is 2.79. The van der Waals surface area contributed by atoms with Crippen LogP contribution < -0.4 is 0 Å². The summed E-state index contributed by atoms with van der Waals surface area (Å²) in [6, 6.07) is 0. The molecule has 0 aliphatic heterocycles. The summed E-state index contributed by atoms with van der Waals surface area (Å²) in [5.41, 5.74) is 0. The molecular formula is C8H18NaO3S. The Balaban J connectivity index is 0. The molecule has 0 saturated carbocycles. The van der Waals surface area contributed by atoms with E-state index in [1.54, 1.807) is 0 Å². The molecule has 0 saturated heterocycles. The van der Waals surface area contributed by atoms with Crippen LogP contribution in [0.4, 0.5) is 0 Å². The van der Waals surface area contributed by atoms with Crippen molar-refractivity contribution < 1.29 is 12.6 Å². The van der Waals surface area contributed by atoms with E-state index in [2.05, 4.69) is 0 Å². The predicted octanol–water partition coefficient (Wildman–Crippen LogP) is 1.55. The molecule has 3 nitrogen and oxygen atoms in total. The molecule has 0 fully saturated rings. The van der Waals surface area contributed by atoms with Gasteiger partial charge in [0.05, 0.1) is 12.4 Å². The van der Waals surface area contributed by atoms with Crippen LogP contribution in [-0.2, 0) is 14.3 Å². The molecule has 0 aliphatic carbocycles. The number of unbranched alkanes of at least 4 members (excludes halogenated alkanes) is 2. The molecule has 75 valence electrons. The maximum Gasteiger partial charge on any atom is 0.267 e. The molecule has 0 aromatic carbocycles. The normalized spacial score (nSPS) is 10.9. The van der Waals surface area contributed by atoms with Gasteiger partial charge >= 0.3 is 0 Å². The van der Waals surface area contributed by atoms with Crippen LogP contribution in [0, 0.1) is 0 Å². The molecule has 13 heavy (non-hydrogen) atoms. The summed E-state index contributed by atoms with van der Waals surface area (Å²) in [6.45, 7) is 4.30. The molecule has 0 spiro atoms. The van der Waals surface area contributed by atoms with Crippen molar-refractivity contribution in [3.63, 3.8) is 0 Å². The summed E-state index contributed by atoms with van der Waals surface area (Å²) in [5, 5.41) is 0. The van der Waals surface area contributed by atoms with Gasteiger partial charge in [-0.15, -0.1) is 0 Å². The first-order valence-electron chi connectivity index (χ1n) is 4.49. The van der Waals surface area contributed by atoms with Crippen LogP contribution in [0.2, 0.25) is 0 Å². The van der Waals surface area contributed by atoms with E-state index in [-0.39, 0.29) is 35.3 Å². The molecule has 0 bridgehead atoms. The molecular weight excluding hydrogens is 199 g/mol. The third-order valence-corrected chi connectivity index (χ3v) is 2.82. The van der Waals surface area contributed by atoms with E-state index in [9.17, 15) is 8.42 Å². The van der Waals surface area contributed by atoms with E-state index in [1.165, 1.54) is 0 Å². The average Bonchev–Trinajstić information content (AvgIpc) is 2.01. The fourth-order valence-electron chi connectivity index (χ4n) is 0.710. The first-order chi connectivity index (χ1) is 5.62. The SMILES string of the molecule is CCCCOS(=O)(=O)CCCC.[Na]. The van der Waals surface area contributed by atoms with E-state index in [4.69, 9.17) is 4.18 Å². The standard InChI is InChI=1S/C8H18O3S.Na/c1-3-5-7-11-12(9,10)8-6-4-2;/h3-8H2,1-2H3;. The molecule has 0 heterocycles. The second-order valence-corrected chi connectivity index (χ2v) is 4.55. The Kier molecular flexibility index (Phi) is 11.9. The van der Waals surface area contributed by atoms with E-state index in [0.29, 0.717) is 13.0 Å². The van der Waals surface area contributed by atoms with Crippen LogP contribution in [0.15, 0.2) is 0 Å². The van der Waals surface area contributed by atoms with Gasteiger partial charge in [-0.1, -0.05) is 26.7 Å². The average molecular weight is 217 g/mol. The van der Waals surface area contributed by atoms with Crippen molar-refractivity contribution in [2.45, 2.75) is 39.5 Å². The minimum Gasteiger partial charge on any atom is -0.270 e. The van der Waals surface area contributed by atoms with Crippen molar-refractivity contribution in [1.29, 1.82) is 0 Å². The quantitative estimate of drug-likeness (QED) is 0.369. The van der Waals surface area contributed by atoms with Gasteiger partial charge in [0.1, 0.15) is 0 Å². The van der Waals surface area contributed by atoms with Crippen LogP contribution in [-0.4, -0.2) is 50.3 Å². The van der Waals surface area contributed by atoms with Crippen molar-refractivity contribution >= 4 is 39.7 Å². The van der Waals surface area contributed by atoms with Crippen LogP contribution >= 0.6 is 0 Å². The van der Waals surface area contributed by atoms with Crippen molar-refractivity contribution in [2.75, 3.05) is 12.4 Å². The molecule has 0 amide bonds. The van der Waals surface area contributed by atoms with E-state index >= 15 is 0 Å². The van der Waals surface area contributed by atoms with Gasteiger partial charge in [0.15, 0.2) is 0 Å². The summed E-state index contributed by atoms with van der Waals surface area (Å²) in [5.74, 6) is 0.160. The Bertz CT molecular complexity index is 190. The molecule has 0 aromatic rings. The Morgan fingerprint density at radius 3 is 2.08 bits per heavy atom. The largest absolute Gasteiger partial charge is 0.270 e. The Hall–Kier alpha value is 0.910. The van der Waals surface area contributed by atoms with Crippen LogP contribution in [0.5, 0.6) is 0 Å². The molecule has 5 heteroatoms. The minimum atomic E-state index is -3.22. The van der Waals surface area contributed by atoms with Gasteiger partial charge in [0, 0.05) is 29.6 Å². The summed E-state index contributed by atoms with van der Waals surface area (Å²) in [6.07, 6.45) is 3.35. The van der Waals surface area contributed by atoms with Crippen LogP contribution in [0.25, 0.3) is 0 Å². The zero-order valence-corrected chi connectivity index (χ0v) is 11.7. The molecule has 0 atom stereocenters. The van der Waals surface area contributed by atoms with Gasteiger partial charge in [-0.2, -0.15) is 8.42 Å². The topological polar surface area (TPSA) is 43.4 Å². The second kappa shape index (κ2) is 9.46. The third-order valence-electron chi connectivity index (χ3n) is 1.51. The number of rotatable bonds is 7. The molecule has 0 rings (SSSR count). The van der Waals surface area contributed by atoms with Crippen molar-refractivity contribution in [2.24, 2.45) is 0 Å². The summed E-state index contributed by atoms with van der Waals surface area (Å²) in [7, 11) is -3.22. The zero-order chi connectivity index (χ0) is 9.45. The van der Waals surface area contributed by atoms with E-state index in [0.717, 1.165) is 19.3 Å². The predicted molar refractivity (Wildman–Crippen MR) is 55.3 cm³/mol. The van der Waals surface area contributed by atoms with Gasteiger partial charge in [-0.25, -0.2) is 0 Å². The maximum absolute atomic E-state index is 11.0. The fourth-order valence-corrected chi connectivity index (χ4v) is 1.84. The van der Waals surface area contributed by atoms with Crippen molar-refractivity contribution in [1.82, 2.24) is 0 Å². The molecule has 1 radical (unpaired) electrons. The van der Waals surface area contributed by atoms with Crippen molar-refractivity contribution in [3.05, 3.63) is 0 Å². The zero-order valence-electron chi connectivity index (χ0n) is 8.88. The summed E-state index contributed by atoms with van der Waals surface area (Å²) in [4.78, 5) is 0. The first kappa shape index (κ1) is 16.3. The molecule has 0 N–H and O–H groups in total. The number of hydrogen-bond acceptors (Lipinski definition) is 3. The maximum atomic E-state index is 11.0. The minimum absolute atomic E-state index is 0. The first-order valence-corrected chi connectivity index (χ1v) is 6.07. The van der Waals surface area contributed by atoms with E-state index in [1.807, 2.05) is 13.8 Å². The summed E-state index contributed by atoms with van der Waals surface area (Å²) < 4.78 is 26.8. The third kappa shape index (κ3) is 10.8. The molecule has 0 unspecified atom stereocenters. The summed E-state index contributed by atoms with van der Waals surface area (Å²) >= 11 is 0. The molecule has 0 aromatic heterocycles. The van der Waals surface area contributed by atoms with Gasteiger partial charge in [0.2, 0.25) is 0 Å². The Morgan fingerprint density at radius 1 is 1.08 bits per heavy atom. The molecule has 0 aliphatic rings. The monoisotopic (exact) mass is 217 g/mol. The van der Waals surface area contributed by atoms with Crippen LogP contribution in [0.3, 0.4) is 0 Å².